The van der Waals surface area contributed by atoms with Crippen LogP contribution in [0.5, 0.6) is 0 Å². The summed E-state index contributed by atoms with van der Waals surface area (Å²) in [5.74, 6) is 0.602. The third-order valence-electron chi connectivity index (χ3n) is 3.86. The van der Waals surface area contributed by atoms with Crippen molar-refractivity contribution in [1.82, 2.24) is 18.8 Å². The number of rotatable bonds is 8. The van der Waals surface area contributed by atoms with E-state index in [0.29, 0.717) is 25.6 Å². The fraction of sp³-hybridized carbons (Fsp3) is 1.00. The molecule has 7 heteroatoms. The molecule has 1 rings (SSSR count). The van der Waals surface area contributed by atoms with Crippen molar-refractivity contribution in [2.24, 2.45) is 5.92 Å². The van der Waals surface area contributed by atoms with Gasteiger partial charge in [0, 0.05) is 26.7 Å². The predicted octanol–water partition coefficient (Wildman–Crippen LogP) is 0.0461. The van der Waals surface area contributed by atoms with Crippen LogP contribution in [-0.2, 0) is 10.2 Å². The van der Waals surface area contributed by atoms with Crippen LogP contribution in [0.3, 0.4) is 0 Å². The van der Waals surface area contributed by atoms with E-state index in [2.05, 4.69) is 10.2 Å². The first kappa shape index (κ1) is 17.8. The minimum absolute atomic E-state index is 0.580. The average Bonchev–Trinajstić information content (AvgIpc) is 2.39. The first-order valence-electron chi connectivity index (χ1n) is 7.38. The Kier molecular flexibility index (Phi) is 7.39. The van der Waals surface area contributed by atoms with Crippen molar-refractivity contribution < 1.29 is 8.42 Å². The van der Waals surface area contributed by atoms with Crippen molar-refractivity contribution in [3.05, 3.63) is 0 Å². The minimum Gasteiger partial charge on any atom is -0.319 e. The van der Waals surface area contributed by atoms with Gasteiger partial charge in [-0.3, -0.25) is 0 Å². The van der Waals surface area contributed by atoms with Crippen LogP contribution in [0.25, 0.3) is 0 Å². The van der Waals surface area contributed by atoms with Crippen molar-refractivity contribution in [2.75, 3.05) is 60.9 Å². The van der Waals surface area contributed by atoms with E-state index in [1.165, 1.54) is 4.31 Å². The molecule has 0 aromatic rings. The van der Waals surface area contributed by atoms with Gasteiger partial charge in [-0.05, 0) is 59.4 Å². The van der Waals surface area contributed by atoms with Crippen molar-refractivity contribution in [2.45, 2.75) is 19.3 Å². The predicted molar refractivity (Wildman–Crippen MR) is 82.9 cm³/mol. The van der Waals surface area contributed by atoms with Crippen LogP contribution in [0, 0.1) is 5.92 Å². The first-order valence-corrected chi connectivity index (χ1v) is 8.78. The van der Waals surface area contributed by atoms with Gasteiger partial charge in [0.25, 0.3) is 10.2 Å². The van der Waals surface area contributed by atoms with Gasteiger partial charge < -0.3 is 10.2 Å². The Hall–Kier alpha value is -0.210. The van der Waals surface area contributed by atoms with E-state index >= 15 is 0 Å². The van der Waals surface area contributed by atoms with Crippen LogP contribution in [0.1, 0.15) is 19.3 Å². The Morgan fingerprint density at radius 2 is 1.75 bits per heavy atom. The topological polar surface area (TPSA) is 55.9 Å². The second-order valence-corrected chi connectivity index (χ2v) is 7.92. The highest BCUT2D eigenvalue weighted by Crippen LogP contribution is 2.20. The quantitative estimate of drug-likeness (QED) is 0.688. The van der Waals surface area contributed by atoms with Crippen LogP contribution in [0.15, 0.2) is 0 Å². The Morgan fingerprint density at radius 1 is 1.15 bits per heavy atom. The highest BCUT2D eigenvalue weighted by molar-refractivity contribution is 7.86. The van der Waals surface area contributed by atoms with Crippen LogP contribution < -0.4 is 5.32 Å². The fourth-order valence-electron chi connectivity index (χ4n) is 2.55. The molecule has 1 fully saturated rings. The lowest BCUT2D eigenvalue weighted by Gasteiger charge is -2.33. The van der Waals surface area contributed by atoms with Gasteiger partial charge in [0.05, 0.1) is 0 Å². The minimum atomic E-state index is -3.27. The van der Waals surface area contributed by atoms with Gasteiger partial charge in [-0.25, -0.2) is 0 Å². The Labute approximate surface area is 124 Å². The van der Waals surface area contributed by atoms with Crippen LogP contribution >= 0.6 is 0 Å². The lowest BCUT2D eigenvalue weighted by molar-refractivity contribution is 0.254. The number of nitrogens with zero attached hydrogens (tertiary/aromatic N) is 3. The molecule has 0 radical (unpaired) electrons. The average molecular weight is 306 g/mol. The Morgan fingerprint density at radius 3 is 2.25 bits per heavy atom. The summed E-state index contributed by atoms with van der Waals surface area (Å²) >= 11 is 0. The van der Waals surface area contributed by atoms with Gasteiger partial charge in [-0.1, -0.05) is 0 Å². The molecule has 0 atom stereocenters. The van der Waals surface area contributed by atoms with Crippen molar-refractivity contribution in [3.63, 3.8) is 0 Å². The Bertz CT molecular complexity index is 365. The largest absolute Gasteiger partial charge is 0.319 e. The molecular formula is C13H30N4O2S. The molecule has 0 aromatic carbocycles. The van der Waals surface area contributed by atoms with Crippen molar-refractivity contribution in [3.8, 4) is 0 Å². The number of hydrogen-bond acceptors (Lipinski definition) is 4. The van der Waals surface area contributed by atoms with Crippen molar-refractivity contribution >= 4 is 10.2 Å². The summed E-state index contributed by atoms with van der Waals surface area (Å²) in [5.41, 5.74) is 0. The van der Waals surface area contributed by atoms with Crippen LogP contribution in [-0.4, -0.2) is 82.8 Å². The molecule has 1 saturated heterocycles. The van der Waals surface area contributed by atoms with Gasteiger partial charge in [-0.2, -0.15) is 17.0 Å². The summed E-state index contributed by atoms with van der Waals surface area (Å²) in [6.45, 7) is 3.76. The highest BCUT2D eigenvalue weighted by atomic mass is 32.2. The maximum atomic E-state index is 12.4. The smallest absolute Gasteiger partial charge is 0.281 e. The molecule has 0 spiro atoms. The Balaban J connectivity index is 2.44. The summed E-state index contributed by atoms with van der Waals surface area (Å²) in [6.07, 6.45) is 2.76. The molecule has 0 saturated carbocycles. The highest BCUT2D eigenvalue weighted by Gasteiger charge is 2.30. The fourth-order valence-corrected chi connectivity index (χ4v) is 3.98. The monoisotopic (exact) mass is 306 g/mol. The lowest BCUT2D eigenvalue weighted by atomic mass is 9.98. The van der Waals surface area contributed by atoms with Crippen LogP contribution in [0.2, 0.25) is 0 Å². The molecule has 0 aliphatic carbocycles. The number of hydrogen-bond donors (Lipinski definition) is 1. The van der Waals surface area contributed by atoms with E-state index in [4.69, 9.17) is 0 Å². The molecule has 1 aliphatic heterocycles. The molecule has 1 N–H and O–H groups in total. The van der Waals surface area contributed by atoms with E-state index < -0.39 is 10.2 Å². The standard InChI is InChI=1S/C13H30N4O2S/c1-14-12-13-6-10-17(11-7-13)20(18,19)16(4)9-5-8-15(2)3/h13-14H,5-12H2,1-4H3. The molecule has 6 nitrogen and oxygen atoms in total. The summed E-state index contributed by atoms with van der Waals surface area (Å²) in [5, 5.41) is 3.17. The maximum Gasteiger partial charge on any atom is 0.281 e. The van der Waals surface area contributed by atoms with E-state index in [9.17, 15) is 8.42 Å². The van der Waals surface area contributed by atoms with E-state index in [1.807, 2.05) is 21.1 Å². The van der Waals surface area contributed by atoms with Gasteiger partial charge >= 0.3 is 0 Å². The molecular weight excluding hydrogens is 276 g/mol. The third kappa shape index (κ3) is 5.29. The molecule has 0 aromatic heterocycles. The molecule has 20 heavy (non-hydrogen) atoms. The molecule has 120 valence electrons. The van der Waals surface area contributed by atoms with Gasteiger partial charge in [0.1, 0.15) is 0 Å². The second kappa shape index (κ2) is 8.29. The lowest BCUT2D eigenvalue weighted by Crippen LogP contribution is -2.47. The summed E-state index contributed by atoms with van der Waals surface area (Å²) < 4.78 is 28.0. The second-order valence-electron chi connectivity index (χ2n) is 5.89. The van der Waals surface area contributed by atoms with Crippen LogP contribution in [0.4, 0.5) is 0 Å². The van der Waals surface area contributed by atoms with E-state index in [-0.39, 0.29) is 0 Å². The molecule has 0 amide bonds. The normalized spacial score (nSPS) is 19.1. The van der Waals surface area contributed by atoms with Crippen molar-refractivity contribution in [1.29, 1.82) is 0 Å². The molecule has 0 unspecified atom stereocenters. The molecule has 0 bridgehead atoms. The van der Waals surface area contributed by atoms with Gasteiger partial charge in [-0.15, -0.1) is 0 Å². The molecule has 1 heterocycles. The first-order chi connectivity index (χ1) is 9.37. The zero-order valence-corrected chi connectivity index (χ0v) is 14.1. The summed E-state index contributed by atoms with van der Waals surface area (Å²) in [6, 6.07) is 0. The van der Waals surface area contributed by atoms with E-state index in [1.54, 1.807) is 11.4 Å². The summed E-state index contributed by atoms with van der Waals surface area (Å²) in [4.78, 5) is 2.07. The zero-order chi connectivity index (χ0) is 15.2. The third-order valence-corrected chi connectivity index (χ3v) is 5.85. The van der Waals surface area contributed by atoms with Gasteiger partial charge in [0.2, 0.25) is 0 Å². The van der Waals surface area contributed by atoms with E-state index in [0.717, 1.165) is 32.4 Å². The maximum absolute atomic E-state index is 12.4. The zero-order valence-electron chi connectivity index (χ0n) is 13.3. The SMILES string of the molecule is CNCC1CCN(S(=O)(=O)N(C)CCCN(C)C)CC1. The number of piperidine rings is 1. The molecule has 1 aliphatic rings. The summed E-state index contributed by atoms with van der Waals surface area (Å²) in [7, 11) is 4.36. The number of nitrogens with one attached hydrogen (secondary N) is 1. The van der Waals surface area contributed by atoms with Gasteiger partial charge in [0.15, 0.2) is 0 Å².